The van der Waals surface area contributed by atoms with E-state index >= 15 is 0 Å². The van der Waals surface area contributed by atoms with E-state index in [0.717, 1.165) is 4.47 Å². The second-order valence-electron chi connectivity index (χ2n) is 6.92. The molecule has 4 rings (SSSR count). The second-order valence-corrected chi connectivity index (χ2v) is 7.84. The first-order chi connectivity index (χ1) is 12.6. The lowest BCUT2D eigenvalue weighted by Crippen LogP contribution is -1.96. The molecule has 4 aromatic rings. The Morgan fingerprint density at radius 3 is 2.15 bits per heavy atom. The summed E-state index contributed by atoms with van der Waals surface area (Å²) in [5, 5.41) is 2.56. The van der Waals surface area contributed by atoms with Crippen molar-refractivity contribution >= 4 is 26.7 Å². The molecule has 0 bridgehead atoms. The highest BCUT2D eigenvalue weighted by molar-refractivity contribution is 9.10. The summed E-state index contributed by atoms with van der Waals surface area (Å²) in [4.78, 5) is 0. The third kappa shape index (κ3) is 2.87. The van der Waals surface area contributed by atoms with Crippen molar-refractivity contribution in [3.05, 3.63) is 94.0 Å². The van der Waals surface area contributed by atoms with Gasteiger partial charge in [0.1, 0.15) is 0 Å². The molecule has 1 heteroatoms. The molecular formula is C25H21Br. The molecule has 0 aliphatic heterocycles. The molecule has 26 heavy (non-hydrogen) atoms. The van der Waals surface area contributed by atoms with Gasteiger partial charge in [0.15, 0.2) is 0 Å². The lowest BCUT2D eigenvalue weighted by atomic mass is 9.85. The number of fused-ring (bicyclic) bond motifs is 1. The van der Waals surface area contributed by atoms with Crippen LogP contribution in [0.3, 0.4) is 0 Å². The van der Waals surface area contributed by atoms with Gasteiger partial charge < -0.3 is 0 Å². The van der Waals surface area contributed by atoms with Gasteiger partial charge in [-0.2, -0.15) is 0 Å². The van der Waals surface area contributed by atoms with Crippen LogP contribution in [-0.2, 0) is 0 Å². The van der Waals surface area contributed by atoms with Gasteiger partial charge in [0.05, 0.1) is 0 Å². The summed E-state index contributed by atoms with van der Waals surface area (Å²) in [5.74, 6) is 0. The van der Waals surface area contributed by atoms with Crippen molar-refractivity contribution in [1.82, 2.24) is 0 Å². The van der Waals surface area contributed by atoms with Crippen molar-refractivity contribution in [3.63, 3.8) is 0 Å². The van der Waals surface area contributed by atoms with Crippen molar-refractivity contribution in [2.75, 3.05) is 0 Å². The fraction of sp³-hybridized carbons (Fsp3) is 0.120. The molecule has 4 aromatic carbocycles. The third-order valence-electron chi connectivity index (χ3n) is 5.15. The summed E-state index contributed by atoms with van der Waals surface area (Å²) in [6.45, 7) is 6.70. The lowest BCUT2D eigenvalue weighted by Gasteiger charge is -2.19. The molecule has 0 aromatic heterocycles. The van der Waals surface area contributed by atoms with Crippen LogP contribution < -0.4 is 0 Å². The predicted molar refractivity (Wildman–Crippen MR) is 117 cm³/mol. The van der Waals surface area contributed by atoms with Gasteiger partial charge in [-0.3, -0.25) is 0 Å². The first-order valence-electron chi connectivity index (χ1n) is 8.91. The Labute approximate surface area is 163 Å². The summed E-state index contributed by atoms with van der Waals surface area (Å²) < 4.78 is 1.11. The normalized spacial score (nSPS) is 11.1. The van der Waals surface area contributed by atoms with Crippen LogP contribution in [0.1, 0.15) is 16.7 Å². The summed E-state index contributed by atoms with van der Waals surface area (Å²) >= 11 is 3.64. The predicted octanol–water partition coefficient (Wildman–Crippen LogP) is 7.86. The van der Waals surface area contributed by atoms with Crippen molar-refractivity contribution in [2.45, 2.75) is 20.8 Å². The van der Waals surface area contributed by atoms with Gasteiger partial charge in [0, 0.05) is 4.47 Å². The largest absolute Gasteiger partial charge is 0.0622 e. The number of hydrogen-bond acceptors (Lipinski definition) is 0. The Morgan fingerprint density at radius 2 is 1.38 bits per heavy atom. The van der Waals surface area contributed by atoms with Crippen LogP contribution >= 0.6 is 15.9 Å². The maximum Gasteiger partial charge on any atom is 0.0181 e. The molecule has 0 heterocycles. The Hall–Kier alpha value is -2.38. The molecule has 0 amide bonds. The summed E-state index contributed by atoms with van der Waals surface area (Å²) in [5.41, 5.74) is 9.28. The Kier molecular flexibility index (Phi) is 4.42. The highest BCUT2D eigenvalue weighted by Crippen LogP contribution is 2.40. The van der Waals surface area contributed by atoms with Crippen LogP contribution in [0.5, 0.6) is 0 Å². The SMILES string of the molecule is Cc1cc(C)c(-c2cccc3ccc(Br)cc23)c(C)c1-c1ccccc1. The summed E-state index contributed by atoms with van der Waals surface area (Å²) in [6.07, 6.45) is 0. The number of rotatable bonds is 2. The Balaban J connectivity index is 2.06. The molecule has 0 fully saturated rings. The van der Waals surface area contributed by atoms with Crippen molar-refractivity contribution in [1.29, 1.82) is 0 Å². The van der Waals surface area contributed by atoms with Crippen LogP contribution in [0.4, 0.5) is 0 Å². The maximum absolute atomic E-state index is 3.64. The van der Waals surface area contributed by atoms with Gasteiger partial charge in [-0.05, 0) is 82.6 Å². The molecule has 0 radical (unpaired) electrons. The quantitative estimate of drug-likeness (QED) is 0.321. The van der Waals surface area contributed by atoms with E-state index in [1.807, 2.05) is 0 Å². The second kappa shape index (κ2) is 6.74. The van der Waals surface area contributed by atoms with Crippen LogP contribution in [0.2, 0.25) is 0 Å². The number of hydrogen-bond donors (Lipinski definition) is 0. The highest BCUT2D eigenvalue weighted by atomic mass is 79.9. The first kappa shape index (κ1) is 17.1. The molecule has 0 saturated heterocycles. The molecular weight excluding hydrogens is 380 g/mol. The van der Waals surface area contributed by atoms with Gasteiger partial charge in [-0.25, -0.2) is 0 Å². The Morgan fingerprint density at radius 1 is 0.654 bits per heavy atom. The average Bonchev–Trinajstić information content (AvgIpc) is 2.62. The average molecular weight is 401 g/mol. The highest BCUT2D eigenvalue weighted by Gasteiger charge is 2.16. The monoisotopic (exact) mass is 400 g/mol. The fourth-order valence-corrected chi connectivity index (χ4v) is 4.47. The lowest BCUT2D eigenvalue weighted by molar-refractivity contribution is 1.32. The van der Waals surface area contributed by atoms with E-state index in [-0.39, 0.29) is 0 Å². The fourth-order valence-electron chi connectivity index (χ4n) is 4.11. The maximum atomic E-state index is 3.64. The number of halogens is 1. The minimum absolute atomic E-state index is 1.11. The van der Waals surface area contributed by atoms with Gasteiger partial charge in [0.2, 0.25) is 0 Å². The molecule has 0 aliphatic rings. The zero-order valence-corrected chi connectivity index (χ0v) is 16.9. The topological polar surface area (TPSA) is 0 Å². The molecule has 0 unspecified atom stereocenters. The van der Waals surface area contributed by atoms with E-state index in [2.05, 4.69) is 109 Å². The summed E-state index contributed by atoms with van der Waals surface area (Å²) in [6, 6.07) is 26.1. The van der Waals surface area contributed by atoms with Gasteiger partial charge >= 0.3 is 0 Å². The van der Waals surface area contributed by atoms with E-state index in [1.54, 1.807) is 0 Å². The van der Waals surface area contributed by atoms with E-state index in [4.69, 9.17) is 0 Å². The number of aryl methyl sites for hydroxylation is 2. The minimum atomic E-state index is 1.11. The van der Waals surface area contributed by atoms with Gasteiger partial charge in [-0.1, -0.05) is 76.6 Å². The third-order valence-corrected chi connectivity index (χ3v) is 5.64. The summed E-state index contributed by atoms with van der Waals surface area (Å²) in [7, 11) is 0. The Bertz CT molecular complexity index is 1110. The van der Waals surface area contributed by atoms with E-state index in [9.17, 15) is 0 Å². The van der Waals surface area contributed by atoms with Crippen LogP contribution in [0.15, 0.2) is 77.3 Å². The first-order valence-corrected chi connectivity index (χ1v) is 9.70. The van der Waals surface area contributed by atoms with Crippen molar-refractivity contribution in [3.8, 4) is 22.3 Å². The van der Waals surface area contributed by atoms with E-state index in [1.165, 1.54) is 49.7 Å². The zero-order chi connectivity index (χ0) is 18.3. The smallest absolute Gasteiger partial charge is 0.0181 e. The van der Waals surface area contributed by atoms with Crippen LogP contribution in [0, 0.1) is 20.8 Å². The van der Waals surface area contributed by atoms with E-state index < -0.39 is 0 Å². The minimum Gasteiger partial charge on any atom is -0.0622 e. The van der Waals surface area contributed by atoms with Crippen molar-refractivity contribution < 1.29 is 0 Å². The van der Waals surface area contributed by atoms with Crippen LogP contribution in [0.25, 0.3) is 33.0 Å². The standard InChI is InChI=1S/C25H21Br/c1-16-14-17(2)25(18(3)24(16)20-8-5-4-6-9-20)22-11-7-10-19-12-13-21(26)15-23(19)22/h4-15H,1-3H3. The van der Waals surface area contributed by atoms with Crippen molar-refractivity contribution in [2.24, 2.45) is 0 Å². The van der Waals surface area contributed by atoms with Crippen LogP contribution in [-0.4, -0.2) is 0 Å². The zero-order valence-electron chi connectivity index (χ0n) is 15.3. The number of benzene rings is 4. The molecule has 0 aliphatic carbocycles. The molecule has 0 saturated carbocycles. The molecule has 128 valence electrons. The van der Waals surface area contributed by atoms with Gasteiger partial charge in [0.25, 0.3) is 0 Å². The molecule has 0 atom stereocenters. The van der Waals surface area contributed by atoms with E-state index in [0.29, 0.717) is 0 Å². The molecule has 0 N–H and O–H groups in total. The molecule has 0 spiro atoms. The van der Waals surface area contributed by atoms with Gasteiger partial charge in [-0.15, -0.1) is 0 Å². The molecule has 0 nitrogen and oxygen atoms in total.